The first-order valence-corrected chi connectivity index (χ1v) is 5.48. The molecular weight excluding hydrogens is 338 g/mol. The standard InChI is InChI=1S/C10H8O3S.Ba/c11-14(12,13)10-7-3-5-8-4-1-2-6-9(8)10;/h1-7H,(H,11,12,13);. The van der Waals surface area contributed by atoms with E-state index in [1.54, 1.807) is 30.3 Å². The van der Waals surface area contributed by atoms with E-state index in [9.17, 15) is 8.42 Å². The molecule has 0 saturated heterocycles. The molecule has 0 unspecified atom stereocenters. The molecule has 0 aliphatic heterocycles. The second-order valence-corrected chi connectivity index (χ2v) is 4.34. The van der Waals surface area contributed by atoms with Crippen molar-refractivity contribution in [2.45, 2.75) is 4.90 Å². The van der Waals surface area contributed by atoms with E-state index >= 15 is 0 Å². The minimum Gasteiger partial charge on any atom is -0.282 e. The largest absolute Gasteiger partial charge is 0.295 e. The Morgan fingerprint density at radius 1 is 0.933 bits per heavy atom. The smallest absolute Gasteiger partial charge is 0.282 e. The summed E-state index contributed by atoms with van der Waals surface area (Å²) in [7, 11) is -4.13. The van der Waals surface area contributed by atoms with Gasteiger partial charge in [0.25, 0.3) is 10.1 Å². The van der Waals surface area contributed by atoms with Crippen LogP contribution in [0, 0.1) is 0 Å². The molecule has 5 heteroatoms. The Morgan fingerprint density at radius 2 is 1.53 bits per heavy atom. The molecule has 0 amide bonds. The topological polar surface area (TPSA) is 54.4 Å². The Hall–Kier alpha value is 0.181. The monoisotopic (exact) mass is 346 g/mol. The summed E-state index contributed by atoms with van der Waals surface area (Å²) in [6.07, 6.45) is 0. The van der Waals surface area contributed by atoms with Crippen LogP contribution in [0.25, 0.3) is 10.8 Å². The predicted octanol–water partition coefficient (Wildman–Crippen LogP) is 1.71. The van der Waals surface area contributed by atoms with E-state index in [1.165, 1.54) is 6.07 Å². The van der Waals surface area contributed by atoms with Crippen molar-refractivity contribution in [2.75, 3.05) is 0 Å². The molecule has 0 heterocycles. The molecule has 0 fully saturated rings. The van der Waals surface area contributed by atoms with Crippen molar-refractivity contribution in [1.29, 1.82) is 0 Å². The van der Waals surface area contributed by atoms with Gasteiger partial charge in [-0.15, -0.1) is 0 Å². The third-order valence-corrected chi connectivity index (χ3v) is 2.94. The molecule has 15 heavy (non-hydrogen) atoms. The van der Waals surface area contributed by atoms with E-state index < -0.39 is 10.1 Å². The van der Waals surface area contributed by atoms with Gasteiger partial charge in [0, 0.05) is 54.3 Å². The molecule has 0 aliphatic rings. The Balaban J connectivity index is 0.00000112. The first-order chi connectivity index (χ1) is 6.59. The summed E-state index contributed by atoms with van der Waals surface area (Å²) in [5, 5.41) is 1.33. The molecule has 1 N–H and O–H groups in total. The molecule has 0 atom stereocenters. The Labute approximate surface area is 128 Å². The zero-order chi connectivity index (χ0) is 10.2. The number of rotatable bonds is 1. The van der Waals surface area contributed by atoms with Crippen LogP contribution in [-0.2, 0) is 10.1 Å². The van der Waals surface area contributed by atoms with Crippen LogP contribution in [0.2, 0.25) is 0 Å². The molecule has 0 bridgehead atoms. The summed E-state index contributed by atoms with van der Waals surface area (Å²) in [5.41, 5.74) is 0. The number of hydrogen-bond donors (Lipinski definition) is 1. The normalized spacial score (nSPS) is 11.0. The van der Waals surface area contributed by atoms with E-state index in [2.05, 4.69) is 0 Å². The molecule has 2 radical (unpaired) electrons. The van der Waals surface area contributed by atoms with Crippen molar-refractivity contribution in [2.24, 2.45) is 0 Å². The predicted molar refractivity (Wildman–Crippen MR) is 59.5 cm³/mol. The van der Waals surface area contributed by atoms with Crippen LogP contribution in [-0.4, -0.2) is 61.9 Å². The summed E-state index contributed by atoms with van der Waals surface area (Å²) in [6.45, 7) is 0. The van der Waals surface area contributed by atoms with Crippen LogP contribution >= 0.6 is 0 Å². The summed E-state index contributed by atoms with van der Waals surface area (Å²) < 4.78 is 31.0. The van der Waals surface area contributed by atoms with Gasteiger partial charge in [-0.25, -0.2) is 0 Å². The van der Waals surface area contributed by atoms with E-state index in [4.69, 9.17) is 4.55 Å². The molecule has 2 rings (SSSR count). The van der Waals surface area contributed by atoms with Crippen molar-refractivity contribution in [1.82, 2.24) is 0 Å². The molecule has 0 aliphatic carbocycles. The van der Waals surface area contributed by atoms with Gasteiger partial charge in [0.05, 0.1) is 0 Å². The fraction of sp³-hybridized carbons (Fsp3) is 0. The first-order valence-electron chi connectivity index (χ1n) is 4.04. The van der Waals surface area contributed by atoms with Gasteiger partial charge in [-0.2, -0.15) is 8.42 Å². The Morgan fingerprint density at radius 3 is 2.20 bits per heavy atom. The molecule has 2 aromatic carbocycles. The van der Waals surface area contributed by atoms with E-state index in [1.807, 2.05) is 6.07 Å². The molecule has 3 nitrogen and oxygen atoms in total. The second kappa shape index (κ2) is 5.01. The minimum atomic E-state index is -4.13. The van der Waals surface area contributed by atoms with Crippen molar-refractivity contribution >= 4 is 69.8 Å². The molecule has 74 valence electrons. The van der Waals surface area contributed by atoms with Gasteiger partial charge < -0.3 is 0 Å². The van der Waals surface area contributed by atoms with Crippen LogP contribution in [0.15, 0.2) is 47.4 Å². The summed E-state index contributed by atoms with van der Waals surface area (Å²) in [6, 6.07) is 11.8. The van der Waals surface area contributed by atoms with Gasteiger partial charge in [0.2, 0.25) is 0 Å². The zero-order valence-corrected chi connectivity index (χ0v) is 13.2. The zero-order valence-electron chi connectivity index (χ0n) is 7.92. The van der Waals surface area contributed by atoms with Crippen molar-refractivity contribution in [3.8, 4) is 0 Å². The van der Waals surface area contributed by atoms with Crippen LogP contribution in [0.3, 0.4) is 0 Å². The second-order valence-electron chi connectivity index (χ2n) is 2.95. The Bertz CT molecular complexity index is 573. The van der Waals surface area contributed by atoms with E-state index in [0.29, 0.717) is 5.39 Å². The molecular formula is C10H8BaO3S. The first kappa shape index (κ1) is 13.2. The molecule has 0 aromatic heterocycles. The van der Waals surface area contributed by atoms with Crippen molar-refractivity contribution in [3.05, 3.63) is 42.5 Å². The van der Waals surface area contributed by atoms with Gasteiger partial charge in [0.1, 0.15) is 4.90 Å². The van der Waals surface area contributed by atoms with Crippen LogP contribution < -0.4 is 0 Å². The fourth-order valence-electron chi connectivity index (χ4n) is 1.42. The maximum absolute atomic E-state index is 11.0. The number of benzene rings is 2. The van der Waals surface area contributed by atoms with Crippen molar-refractivity contribution < 1.29 is 13.0 Å². The van der Waals surface area contributed by atoms with Crippen LogP contribution in [0.4, 0.5) is 0 Å². The maximum Gasteiger partial charge on any atom is 0.295 e. The SMILES string of the molecule is O=S(=O)(O)c1cccc2ccccc12.[Ba]. The average molecular weight is 346 g/mol. The van der Waals surface area contributed by atoms with Gasteiger partial charge >= 0.3 is 0 Å². The molecule has 2 aromatic rings. The molecule has 0 spiro atoms. The third kappa shape index (κ3) is 2.85. The van der Waals surface area contributed by atoms with Crippen LogP contribution in [0.5, 0.6) is 0 Å². The maximum atomic E-state index is 11.0. The fourth-order valence-corrected chi connectivity index (χ4v) is 2.13. The minimum absolute atomic E-state index is 0. The molecule has 0 saturated carbocycles. The van der Waals surface area contributed by atoms with E-state index in [-0.39, 0.29) is 53.8 Å². The van der Waals surface area contributed by atoms with Gasteiger partial charge in [0.15, 0.2) is 0 Å². The van der Waals surface area contributed by atoms with E-state index in [0.717, 1.165) is 5.39 Å². The van der Waals surface area contributed by atoms with Gasteiger partial charge in [-0.1, -0.05) is 36.4 Å². The Kier molecular flexibility index (Phi) is 4.42. The van der Waals surface area contributed by atoms with Crippen molar-refractivity contribution in [3.63, 3.8) is 0 Å². The summed E-state index contributed by atoms with van der Waals surface area (Å²) in [4.78, 5) is -0.0457. The van der Waals surface area contributed by atoms with Gasteiger partial charge in [-0.3, -0.25) is 4.55 Å². The summed E-state index contributed by atoms with van der Waals surface area (Å²) >= 11 is 0. The van der Waals surface area contributed by atoms with Crippen LogP contribution in [0.1, 0.15) is 0 Å². The number of fused-ring (bicyclic) bond motifs is 1. The third-order valence-electron chi connectivity index (χ3n) is 2.03. The summed E-state index contributed by atoms with van der Waals surface area (Å²) in [5.74, 6) is 0. The number of hydrogen-bond acceptors (Lipinski definition) is 2. The average Bonchev–Trinajstić information content (AvgIpc) is 2.15. The van der Waals surface area contributed by atoms with Gasteiger partial charge in [-0.05, 0) is 11.5 Å². The quantitative estimate of drug-likeness (QED) is 0.632.